The van der Waals surface area contributed by atoms with Crippen LogP contribution in [0.25, 0.3) is 10.8 Å². The predicted molar refractivity (Wildman–Crippen MR) is 145 cm³/mol. The number of pyridine rings is 1. The van der Waals surface area contributed by atoms with Crippen LogP contribution in [0.4, 0.5) is 0 Å². The zero-order valence-corrected chi connectivity index (χ0v) is 21.9. The van der Waals surface area contributed by atoms with Crippen LogP contribution < -0.4 is 5.73 Å². The zero-order valence-electron chi connectivity index (χ0n) is 21.9. The van der Waals surface area contributed by atoms with E-state index in [4.69, 9.17) is 10.5 Å². The Balaban J connectivity index is 1.14. The smallest absolute Gasteiger partial charge is 0.0974 e. The van der Waals surface area contributed by atoms with Crippen molar-refractivity contribution in [1.29, 1.82) is 0 Å². The Kier molecular flexibility index (Phi) is 4.80. The molecule has 2 spiro atoms. The van der Waals surface area contributed by atoms with Crippen molar-refractivity contribution >= 4 is 10.8 Å². The monoisotopic (exact) mass is 497 g/mol. The Morgan fingerprint density at radius 3 is 2.92 bits per heavy atom. The summed E-state index contributed by atoms with van der Waals surface area (Å²) < 4.78 is 7.46. The van der Waals surface area contributed by atoms with Gasteiger partial charge in [-0.1, -0.05) is 31.2 Å². The summed E-state index contributed by atoms with van der Waals surface area (Å²) in [5.41, 5.74) is 10.3. The molecule has 1 aromatic heterocycles. The lowest BCUT2D eigenvalue weighted by Crippen LogP contribution is -2.58. The van der Waals surface area contributed by atoms with Gasteiger partial charge in [-0.25, -0.2) is 0 Å². The topological polar surface area (TPSA) is 71.6 Å². The second kappa shape index (κ2) is 7.75. The molecule has 1 aromatic carbocycles. The van der Waals surface area contributed by atoms with Crippen LogP contribution in [-0.2, 0) is 4.74 Å². The number of likely N-dealkylation sites (tertiary alicyclic amines) is 1. The van der Waals surface area contributed by atoms with E-state index in [1.165, 1.54) is 40.3 Å². The van der Waals surface area contributed by atoms with Gasteiger partial charge in [-0.05, 0) is 103 Å². The molecule has 5 heteroatoms. The Morgan fingerprint density at radius 1 is 1.14 bits per heavy atom. The summed E-state index contributed by atoms with van der Waals surface area (Å²) in [7, 11) is 0. The van der Waals surface area contributed by atoms with Crippen molar-refractivity contribution in [2.75, 3.05) is 13.1 Å². The summed E-state index contributed by atoms with van der Waals surface area (Å²) in [6.07, 6.45) is 16.9. The van der Waals surface area contributed by atoms with Gasteiger partial charge < -0.3 is 15.6 Å². The fourth-order valence-electron chi connectivity index (χ4n) is 9.71. The molecule has 3 aliphatic carbocycles. The molecule has 2 bridgehead atoms. The third-order valence-corrected chi connectivity index (χ3v) is 11.5. The maximum absolute atomic E-state index is 11.2. The van der Waals surface area contributed by atoms with Gasteiger partial charge in [-0.3, -0.25) is 9.88 Å². The van der Waals surface area contributed by atoms with E-state index in [-0.39, 0.29) is 34.8 Å². The van der Waals surface area contributed by atoms with E-state index in [0.717, 1.165) is 51.6 Å². The van der Waals surface area contributed by atoms with Gasteiger partial charge in [0, 0.05) is 43.0 Å². The van der Waals surface area contributed by atoms with E-state index in [0.29, 0.717) is 11.8 Å². The number of allylic oxidation sites excluding steroid dienone is 1. The zero-order chi connectivity index (χ0) is 25.0. The van der Waals surface area contributed by atoms with Gasteiger partial charge in [0.1, 0.15) is 0 Å². The van der Waals surface area contributed by atoms with Gasteiger partial charge in [-0.2, -0.15) is 0 Å². The minimum Gasteiger partial charge on any atom is -0.391 e. The third kappa shape index (κ3) is 3.09. The van der Waals surface area contributed by atoms with Crippen LogP contribution in [0.3, 0.4) is 0 Å². The van der Waals surface area contributed by atoms with Gasteiger partial charge in [0.25, 0.3) is 0 Å². The fourth-order valence-corrected chi connectivity index (χ4v) is 9.71. The van der Waals surface area contributed by atoms with Crippen LogP contribution in [-0.4, -0.2) is 57.5 Å². The predicted octanol–water partition coefficient (Wildman–Crippen LogP) is 4.85. The summed E-state index contributed by atoms with van der Waals surface area (Å²) in [6, 6.07) is 9.53. The summed E-state index contributed by atoms with van der Waals surface area (Å²) in [4.78, 5) is 6.83. The second-order valence-corrected chi connectivity index (χ2v) is 13.3. The number of aliphatic hydroxyl groups is 1. The average molecular weight is 498 g/mol. The van der Waals surface area contributed by atoms with Crippen LogP contribution >= 0.6 is 0 Å². The molecule has 0 radical (unpaired) electrons. The minimum atomic E-state index is -0.327. The molecule has 4 heterocycles. The number of benzene rings is 1. The molecule has 2 saturated carbocycles. The van der Waals surface area contributed by atoms with Crippen molar-refractivity contribution in [2.24, 2.45) is 17.1 Å². The summed E-state index contributed by atoms with van der Waals surface area (Å²) >= 11 is 0. The molecule has 3 N–H and O–H groups in total. The molecular formula is C32H39N3O2. The highest BCUT2D eigenvalue weighted by molar-refractivity contribution is 5.82. The Bertz CT molecular complexity index is 1340. The van der Waals surface area contributed by atoms with Crippen LogP contribution in [0.5, 0.6) is 0 Å². The van der Waals surface area contributed by atoms with Crippen molar-refractivity contribution in [3.8, 4) is 0 Å². The van der Waals surface area contributed by atoms with Crippen molar-refractivity contribution in [3.05, 3.63) is 65.5 Å². The molecule has 8 rings (SSSR count). The molecule has 37 heavy (non-hydrogen) atoms. The molecule has 8 atom stereocenters. The molecule has 3 aliphatic heterocycles. The molecule has 2 unspecified atom stereocenters. The Hall–Kier alpha value is -2.05. The number of ether oxygens (including phenoxy) is 1. The molecule has 194 valence electrons. The third-order valence-electron chi connectivity index (χ3n) is 11.5. The lowest BCUT2D eigenvalue weighted by atomic mass is 9.58. The van der Waals surface area contributed by atoms with Crippen molar-refractivity contribution < 1.29 is 9.84 Å². The molecule has 5 nitrogen and oxygen atoms in total. The van der Waals surface area contributed by atoms with Gasteiger partial charge in [0.05, 0.1) is 17.3 Å². The second-order valence-electron chi connectivity index (χ2n) is 13.3. The highest BCUT2D eigenvalue weighted by Gasteiger charge is 2.67. The number of aliphatic hydroxyl groups excluding tert-OH is 1. The Labute approximate surface area is 219 Å². The lowest BCUT2D eigenvalue weighted by molar-refractivity contribution is -0.150. The lowest BCUT2D eigenvalue weighted by Gasteiger charge is -2.55. The van der Waals surface area contributed by atoms with Gasteiger partial charge in [-0.15, -0.1) is 0 Å². The maximum Gasteiger partial charge on any atom is 0.0974 e. The minimum absolute atomic E-state index is 0.156. The number of rotatable bonds is 2. The molecule has 0 amide bonds. The normalized spacial score (nSPS) is 44.8. The molecular weight excluding hydrogens is 458 g/mol. The van der Waals surface area contributed by atoms with E-state index >= 15 is 0 Å². The van der Waals surface area contributed by atoms with E-state index in [1.54, 1.807) is 0 Å². The summed E-state index contributed by atoms with van der Waals surface area (Å²) in [5.74, 6) is 1.06. The quantitative estimate of drug-likeness (QED) is 0.621. The maximum atomic E-state index is 11.2. The van der Waals surface area contributed by atoms with Crippen LogP contribution in [0.1, 0.15) is 69.8 Å². The summed E-state index contributed by atoms with van der Waals surface area (Å²) in [6.45, 7) is 4.44. The van der Waals surface area contributed by atoms with Crippen molar-refractivity contribution in [2.45, 2.75) is 93.6 Å². The number of hydrogen-bond donors (Lipinski definition) is 2. The highest BCUT2D eigenvalue weighted by atomic mass is 16.5. The van der Waals surface area contributed by atoms with Crippen LogP contribution in [0.15, 0.2) is 60.0 Å². The van der Waals surface area contributed by atoms with Crippen LogP contribution in [0.2, 0.25) is 0 Å². The van der Waals surface area contributed by atoms with E-state index in [2.05, 4.69) is 53.2 Å². The number of nitrogens with two attached hydrogens (primary N) is 1. The molecule has 4 fully saturated rings. The standard InChI is InChI=1S/C32H39N3O2/c1-30-9-6-23-15-24-16-28(36)27(35-13-8-25(33)19-35)17-31(24)10-11-32(23,37-31)29(30)5-4-26(30)21-3-2-20-7-12-34-18-22(20)14-21/h2-3,6-7,12,14-15,18,25-29,36H,4-5,8-11,13,16-17,19,33H2,1H3/t25-,26?,27+,28-,29-,30-,31-,32?/m1/s1. The molecule has 6 aliphatic rings. The van der Waals surface area contributed by atoms with E-state index in [1.807, 2.05) is 12.4 Å². The fraction of sp³-hybridized carbons (Fsp3) is 0.594. The molecule has 2 aromatic rings. The highest BCUT2D eigenvalue weighted by Crippen LogP contribution is 2.69. The van der Waals surface area contributed by atoms with Gasteiger partial charge in [0.2, 0.25) is 0 Å². The van der Waals surface area contributed by atoms with Gasteiger partial charge >= 0.3 is 0 Å². The summed E-state index contributed by atoms with van der Waals surface area (Å²) in [5, 5.41) is 13.7. The average Bonchev–Trinajstić information content (AvgIpc) is 3.58. The van der Waals surface area contributed by atoms with E-state index in [9.17, 15) is 5.11 Å². The van der Waals surface area contributed by atoms with Gasteiger partial charge in [0.15, 0.2) is 0 Å². The van der Waals surface area contributed by atoms with Crippen molar-refractivity contribution in [1.82, 2.24) is 9.88 Å². The number of hydrogen-bond acceptors (Lipinski definition) is 5. The SMILES string of the molecule is C[C@]12CC=C3C=C4C[C@@H](O)[C@@H](N5CC[C@@H](N)C5)C[C@]45CCC3(O5)[C@@H]1CCC2c1ccc2ccncc2c1. The largest absolute Gasteiger partial charge is 0.391 e. The number of aromatic nitrogens is 1. The Morgan fingerprint density at radius 2 is 2.05 bits per heavy atom. The van der Waals surface area contributed by atoms with E-state index < -0.39 is 0 Å². The first-order valence-corrected chi connectivity index (χ1v) is 14.5. The first-order chi connectivity index (χ1) is 17.9. The first kappa shape index (κ1) is 22.9. The molecule has 2 saturated heterocycles. The number of nitrogens with zero attached hydrogens (tertiary/aromatic N) is 2. The van der Waals surface area contributed by atoms with Crippen LogP contribution in [0, 0.1) is 11.3 Å². The number of fused-ring (bicyclic) bond motifs is 2. The first-order valence-electron chi connectivity index (χ1n) is 14.5. The van der Waals surface area contributed by atoms with Crippen molar-refractivity contribution in [3.63, 3.8) is 0 Å².